The van der Waals surface area contributed by atoms with Crippen LogP contribution in [0.2, 0.25) is 0 Å². The maximum Gasteiger partial charge on any atom is 0.188 e. The van der Waals surface area contributed by atoms with Crippen LogP contribution in [0.1, 0.15) is 19.0 Å². The standard InChI is InChI=1S/C11H15N3O2S/c1-7-9(5-6-16-7)17-10-4-2-3-8(13-10)11(12)14-15/h2-4,7,9,15H,5-6H2,1H3,(H2,12,14). The van der Waals surface area contributed by atoms with Gasteiger partial charge in [0.05, 0.1) is 11.1 Å². The van der Waals surface area contributed by atoms with Gasteiger partial charge in [0.2, 0.25) is 0 Å². The quantitative estimate of drug-likeness (QED) is 0.369. The second-order valence-corrected chi connectivity index (χ2v) is 5.13. The van der Waals surface area contributed by atoms with E-state index in [1.165, 1.54) is 0 Å². The molecule has 0 radical (unpaired) electrons. The Hall–Kier alpha value is -1.27. The summed E-state index contributed by atoms with van der Waals surface area (Å²) in [4.78, 5) is 4.33. The number of amidine groups is 1. The Morgan fingerprint density at radius 2 is 2.47 bits per heavy atom. The number of thioether (sulfide) groups is 1. The number of hydrogen-bond acceptors (Lipinski definition) is 5. The molecule has 0 aromatic carbocycles. The zero-order chi connectivity index (χ0) is 12.3. The van der Waals surface area contributed by atoms with Crippen LogP contribution < -0.4 is 5.73 Å². The fraction of sp³-hybridized carbons (Fsp3) is 0.455. The highest BCUT2D eigenvalue weighted by atomic mass is 32.2. The van der Waals surface area contributed by atoms with Gasteiger partial charge in [-0.05, 0) is 25.5 Å². The number of ether oxygens (including phenoxy) is 1. The van der Waals surface area contributed by atoms with Gasteiger partial charge in [0.15, 0.2) is 5.84 Å². The molecule has 1 aliphatic rings. The molecule has 1 aromatic rings. The zero-order valence-corrected chi connectivity index (χ0v) is 10.4. The molecule has 5 nitrogen and oxygen atoms in total. The highest BCUT2D eigenvalue weighted by Crippen LogP contribution is 2.31. The van der Waals surface area contributed by atoms with Crippen LogP contribution in [-0.4, -0.2) is 34.0 Å². The monoisotopic (exact) mass is 253 g/mol. The van der Waals surface area contributed by atoms with Gasteiger partial charge in [-0.2, -0.15) is 0 Å². The predicted octanol–water partition coefficient (Wildman–Crippen LogP) is 1.45. The van der Waals surface area contributed by atoms with E-state index in [4.69, 9.17) is 15.7 Å². The van der Waals surface area contributed by atoms with E-state index in [0.717, 1.165) is 18.1 Å². The van der Waals surface area contributed by atoms with Gasteiger partial charge in [-0.1, -0.05) is 11.2 Å². The Morgan fingerprint density at radius 1 is 1.65 bits per heavy atom. The number of aromatic nitrogens is 1. The normalized spacial score (nSPS) is 25.1. The third-order valence-corrected chi connectivity index (χ3v) is 4.06. The molecule has 2 unspecified atom stereocenters. The molecule has 1 fully saturated rings. The van der Waals surface area contributed by atoms with Gasteiger partial charge in [0.1, 0.15) is 5.69 Å². The molecule has 2 atom stereocenters. The summed E-state index contributed by atoms with van der Waals surface area (Å²) in [5.41, 5.74) is 5.99. The van der Waals surface area contributed by atoms with Crippen LogP contribution in [0.4, 0.5) is 0 Å². The van der Waals surface area contributed by atoms with E-state index in [9.17, 15) is 0 Å². The summed E-state index contributed by atoms with van der Waals surface area (Å²) in [6.07, 6.45) is 1.27. The van der Waals surface area contributed by atoms with E-state index in [0.29, 0.717) is 10.9 Å². The fourth-order valence-corrected chi connectivity index (χ4v) is 2.80. The van der Waals surface area contributed by atoms with Gasteiger partial charge < -0.3 is 15.7 Å². The number of rotatable bonds is 3. The van der Waals surface area contributed by atoms with Gasteiger partial charge in [-0.15, -0.1) is 11.8 Å². The van der Waals surface area contributed by atoms with Crippen molar-refractivity contribution in [2.24, 2.45) is 10.9 Å². The summed E-state index contributed by atoms with van der Waals surface area (Å²) in [6.45, 7) is 2.87. The highest BCUT2D eigenvalue weighted by Gasteiger charge is 2.25. The van der Waals surface area contributed by atoms with E-state index in [-0.39, 0.29) is 11.9 Å². The molecule has 0 spiro atoms. The molecule has 2 rings (SSSR count). The summed E-state index contributed by atoms with van der Waals surface area (Å²) in [5.74, 6) is 0.0307. The fourth-order valence-electron chi connectivity index (χ4n) is 1.70. The van der Waals surface area contributed by atoms with Crippen molar-refractivity contribution in [1.29, 1.82) is 0 Å². The van der Waals surface area contributed by atoms with Gasteiger partial charge in [-0.25, -0.2) is 4.98 Å². The lowest BCUT2D eigenvalue weighted by Crippen LogP contribution is -2.16. The summed E-state index contributed by atoms with van der Waals surface area (Å²) in [7, 11) is 0. The second-order valence-electron chi connectivity index (χ2n) is 3.87. The van der Waals surface area contributed by atoms with Crippen molar-refractivity contribution in [2.45, 2.75) is 29.7 Å². The average molecular weight is 253 g/mol. The van der Waals surface area contributed by atoms with Crippen LogP contribution in [0.25, 0.3) is 0 Å². The van der Waals surface area contributed by atoms with Crippen molar-refractivity contribution >= 4 is 17.6 Å². The number of nitrogens with zero attached hydrogens (tertiary/aromatic N) is 2. The third kappa shape index (κ3) is 2.89. The molecule has 0 saturated carbocycles. The van der Waals surface area contributed by atoms with E-state index in [1.807, 2.05) is 12.1 Å². The van der Waals surface area contributed by atoms with Crippen molar-refractivity contribution < 1.29 is 9.94 Å². The minimum atomic E-state index is 0.0307. The van der Waals surface area contributed by atoms with Crippen molar-refractivity contribution in [1.82, 2.24) is 4.98 Å². The van der Waals surface area contributed by atoms with Crippen LogP contribution in [0.3, 0.4) is 0 Å². The number of nitrogens with two attached hydrogens (primary N) is 1. The molecule has 1 saturated heterocycles. The lowest BCUT2D eigenvalue weighted by Gasteiger charge is -2.12. The lowest BCUT2D eigenvalue weighted by atomic mass is 10.3. The molecule has 6 heteroatoms. The minimum absolute atomic E-state index is 0.0307. The Bertz CT molecular complexity index is 425. The van der Waals surface area contributed by atoms with Gasteiger partial charge in [0.25, 0.3) is 0 Å². The molecule has 1 aliphatic heterocycles. The third-order valence-electron chi connectivity index (χ3n) is 2.67. The van der Waals surface area contributed by atoms with Crippen molar-refractivity contribution in [2.75, 3.05) is 6.61 Å². The molecular weight excluding hydrogens is 238 g/mol. The van der Waals surface area contributed by atoms with Crippen molar-refractivity contribution in [3.05, 3.63) is 23.9 Å². The summed E-state index contributed by atoms with van der Waals surface area (Å²) in [6, 6.07) is 5.49. The van der Waals surface area contributed by atoms with Crippen molar-refractivity contribution in [3.63, 3.8) is 0 Å². The Kier molecular flexibility index (Phi) is 3.86. The molecule has 17 heavy (non-hydrogen) atoms. The molecule has 1 aromatic heterocycles. The Morgan fingerprint density at radius 3 is 3.12 bits per heavy atom. The van der Waals surface area contributed by atoms with E-state index < -0.39 is 0 Å². The molecule has 2 heterocycles. The maximum absolute atomic E-state index is 8.60. The Balaban J connectivity index is 2.11. The first-order valence-corrected chi connectivity index (χ1v) is 6.32. The van der Waals surface area contributed by atoms with Crippen LogP contribution >= 0.6 is 11.8 Å². The molecule has 92 valence electrons. The topological polar surface area (TPSA) is 80.7 Å². The highest BCUT2D eigenvalue weighted by molar-refractivity contribution is 7.99. The molecule has 0 amide bonds. The molecule has 0 bridgehead atoms. The Labute approximate surface area is 104 Å². The maximum atomic E-state index is 8.60. The van der Waals surface area contributed by atoms with E-state index >= 15 is 0 Å². The van der Waals surface area contributed by atoms with E-state index in [2.05, 4.69) is 17.1 Å². The lowest BCUT2D eigenvalue weighted by molar-refractivity contribution is 0.127. The van der Waals surface area contributed by atoms with E-state index in [1.54, 1.807) is 17.8 Å². The van der Waals surface area contributed by atoms with Crippen molar-refractivity contribution in [3.8, 4) is 0 Å². The number of pyridine rings is 1. The van der Waals surface area contributed by atoms with Crippen LogP contribution in [0.5, 0.6) is 0 Å². The minimum Gasteiger partial charge on any atom is -0.409 e. The van der Waals surface area contributed by atoms with Crippen LogP contribution in [-0.2, 0) is 4.74 Å². The number of oxime groups is 1. The summed E-state index contributed by atoms with van der Waals surface area (Å²) >= 11 is 1.67. The zero-order valence-electron chi connectivity index (χ0n) is 9.54. The predicted molar refractivity (Wildman–Crippen MR) is 66.4 cm³/mol. The summed E-state index contributed by atoms with van der Waals surface area (Å²) < 4.78 is 5.50. The van der Waals surface area contributed by atoms with Gasteiger partial charge in [0, 0.05) is 11.9 Å². The first-order valence-electron chi connectivity index (χ1n) is 5.44. The summed E-state index contributed by atoms with van der Waals surface area (Å²) in [5, 5.41) is 12.8. The molecular formula is C11H15N3O2S. The molecule has 3 N–H and O–H groups in total. The van der Waals surface area contributed by atoms with Crippen LogP contribution in [0, 0.1) is 0 Å². The smallest absolute Gasteiger partial charge is 0.188 e. The first-order chi connectivity index (χ1) is 8.20. The first kappa shape index (κ1) is 12.2. The number of hydrogen-bond donors (Lipinski definition) is 2. The SMILES string of the molecule is CC1OCCC1Sc1cccc(/C(N)=N/O)n1. The molecule has 0 aliphatic carbocycles. The van der Waals surface area contributed by atoms with Gasteiger partial charge >= 0.3 is 0 Å². The average Bonchev–Trinajstić information content (AvgIpc) is 2.74. The largest absolute Gasteiger partial charge is 0.409 e. The second kappa shape index (κ2) is 5.37. The van der Waals surface area contributed by atoms with Crippen LogP contribution in [0.15, 0.2) is 28.4 Å². The van der Waals surface area contributed by atoms with Gasteiger partial charge in [-0.3, -0.25) is 0 Å².